The Morgan fingerprint density at radius 3 is 1.48 bits per heavy atom. The lowest BCUT2D eigenvalue weighted by Crippen LogP contribution is -2.50. The lowest BCUT2D eigenvalue weighted by molar-refractivity contribution is 0.0593. The molecule has 0 bridgehead atoms. The molecule has 0 aromatic carbocycles. The third-order valence-electron chi connectivity index (χ3n) is 18.8. The van der Waals surface area contributed by atoms with Gasteiger partial charge in [-0.15, -0.1) is 51.9 Å². The molecule has 30 heteroatoms. The summed E-state index contributed by atoms with van der Waals surface area (Å²) in [5.41, 5.74) is 10.2. The number of piperazine rings is 2. The summed E-state index contributed by atoms with van der Waals surface area (Å²) in [7, 11) is 0. The van der Waals surface area contributed by atoms with Crippen LogP contribution < -0.4 is 5.32 Å². The molecule has 26 nitrogen and oxygen atoms in total. The molecule has 560 valence electrons. The van der Waals surface area contributed by atoms with Gasteiger partial charge < -0.3 is 20.0 Å². The molecule has 12 aromatic heterocycles. The fourth-order valence-corrected chi connectivity index (χ4v) is 15.6. The zero-order chi connectivity index (χ0) is 76.0. The second-order valence-corrected chi connectivity index (χ2v) is 30.4. The van der Waals surface area contributed by atoms with Gasteiger partial charge in [-0.1, -0.05) is 51.1 Å². The summed E-state index contributed by atoms with van der Waals surface area (Å²) in [4.78, 5) is 102. The van der Waals surface area contributed by atoms with Crippen molar-refractivity contribution in [3.05, 3.63) is 201 Å². The number of aryl methyl sites for hydroxylation is 1. The zero-order valence-electron chi connectivity index (χ0n) is 62.6. The molecular formula is C78H90N22O4S4. The van der Waals surface area contributed by atoms with Crippen molar-refractivity contribution in [1.82, 2.24) is 109 Å². The highest BCUT2D eigenvalue weighted by molar-refractivity contribution is 7.14. The van der Waals surface area contributed by atoms with Gasteiger partial charge in [-0.05, 0) is 150 Å². The quantitative estimate of drug-likeness (QED) is 0.0655. The molecule has 4 amide bonds. The van der Waals surface area contributed by atoms with E-state index in [2.05, 4.69) is 112 Å². The maximum atomic E-state index is 13.3. The third-order valence-corrected chi connectivity index (χ3v) is 22.3. The smallest absolute Gasteiger partial charge is 0.257 e. The van der Waals surface area contributed by atoms with E-state index in [-0.39, 0.29) is 29.5 Å². The summed E-state index contributed by atoms with van der Waals surface area (Å²) in [6, 6.07) is 22.3. The standard InChI is InChI=1S/C22H28N6OS.C20H24N6OS.C19H21N5OS.C17H17N5OS/c1-15(2)20-17(21(29)27-11-9-26(10-12-27)16(3)4)14-24-28(20)22-23-8-7-18(25-22)19-6-5-13-30-19;1-3-8-24-9-11-25(12-10-24)19(27)16-14-22-26(15(16)2)20-21-7-6-17(23-20)18-5-4-13-28-18;1-3-23(4-2)18(25)14-12-21-24(17(14)13-7-8-13)19-20-10-9-15(22-19)16-6-5-11-26-16;1-4-7-18-16(23)13-10-20-22(12(13)3)17-19-9-11(2)15(21-17)14-6-5-8-24-14/h5-8,13-16H,9-12H2,1-4H3;4-7,13-14H,3,8-12H2,1-2H3;5-6,9-13H,3-4,7-8H2,1-2H3;4-6,8-10H,1,7H2,2-3H3,(H,18,23). The Morgan fingerprint density at radius 1 is 0.537 bits per heavy atom. The predicted molar refractivity (Wildman–Crippen MR) is 425 cm³/mol. The fraction of sp³-hybridized carbons (Fsp3) is 0.359. The van der Waals surface area contributed by atoms with Gasteiger partial charge in [0, 0.05) is 109 Å². The van der Waals surface area contributed by atoms with E-state index >= 15 is 0 Å². The van der Waals surface area contributed by atoms with Gasteiger partial charge in [0.25, 0.3) is 47.4 Å². The summed E-state index contributed by atoms with van der Waals surface area (Å²) in [5.74, 6) is 2.35. The second-order valence-electron chi connectivity index (χ2n) is 26.6. The molecule has 3 aliphatic rings. The first-order valence-electron chi connectivity index (χ1n) is 36.4. The number of hydrogen-bond donors (Lipinski definition) is 1. The zero-order valence-corrected chi connectivity index (χ0v) is 65.8. The molecule has 1 saturated carbocycles. The van der Waals surface area contributed by atoms with Crippen LogP contribution in [-0.2, 0) is 0 Å². The van der Waals surface area contributed by atoms with Crippen molar-refractivity contribution in [2.45, 2.75) is 106 Å². The van der Waals surface area contributed by atoms with Crippen molar-refractivity contribution in [2.75, 3.05) is 78.5 Å². The first-order chi connectivity index (χ1) is 52.5. The van der Waals surface area contributed by atoms with Crippen LogP contribution in [0.2, 0.25) is 0 Å². The van der Waals surface area contributed by atoms with E-state index in [9.17, 15) is 19.2 Å². The van der Waals surface area contributed by atoms with E-state index in [4.69, 9.17) is 4.98 Å². The van der Waals surface area contributed by atoms with Gasteiger partial charge in [0.15, 0.2) is 0 Å². The molecular weight excluding hydrogens is 1440 g/mol. The van der Waals surface area contributed by atoms with Crippen LogP contribution in [0.4, 0.5) is 0 Å². The summed E-state index contributed by atoms with van der Waals surface area (Å²) in [5, 5.41) is 28.5. The van der Waals surface area contributed by atoms with Gasteiger partial charge in [0.2, 0.25) is 0 Å². The maximum absolute atomic E-state index is 13.3. The first-order valence-corrected chi connectivity index (χ1v) is 40.0. The molecule has 0 spiro atoms. The Labute approximate surface area is 645 Å². The van der Waals surface area contributed by atoms with Crippen molar-refractivity contribution >= 4 is 69.0 Å². The maximum Gasteiger partial charge on any atom is 0.257 e. The molecule has 2 saturated heterocycles. The summed E-state index contributed by atoms with van der Waals surface area (Å²) in [6.07, 6.45) is 18.4. The van der Waals surface area contributed by atoms with Crippen molar-refractivity contribution in [1.29, 1.82) is 0 Å². The summed E-state index contributed by atoms with van der Waals surface area (Å²) < 4.78 is 6.71. The van der Waals surface area contributed by atoms with Crippen LogP contribution in [0.1, 0.15) is 149 Å². The molecule has 108 heavy (non-hydrogen) atoms. The monoisotopic (exact) mass is 1530 g/mol. The van der Waals surface area contributed by atoms with E-state index in [1.807, 2.05) is 138 Å². The Kier molecular flexibility index (Phi) is 25.7. The molecule has 1 aliphatic carbocycles. The van der Waals surface area contributed by atoms with Gasteiger partial charge >= 0.3 is 0 Å². The second kappa shape index (κ2) is 35.9. The lowest BCUT2D eigenvalue weighted by atomic mass is 10.0. The minimum atomic E-state index is -0.191. The van der Waals surface area contributed by atoms with Gasteiger partial charge in [0.1, 0.15) is 0 Å². The van der Waals surface area contributed by atoms with Gasteiger partial charge in [-0.3, -0.25) is 29.0 Å². The molecule has 3 fully saturated rings. The number of carbonyl (C=O) groups is 4. The average molecular weight is 1530 g/mol. The van der Waals surface area contributed by atoms with E-state index in [1.54, 1.807) is 114 Å². The van der Waals surface area contributed by atoms with Crippen LogP contribution in [0.3, 0.4) is 0 Å². The highest BCUT2D eigenvalue weighted by Gasteiger charge is 2.35. The molecule has 15 rings (SSSR count). The summed E-state index contributed by atoms with van der Waals surface area (Å²) in [6.45, 7) is 33.5. The van der Waals surface area contributed by atoms with Gasteiger partial charge in [-0.25, -0.2) is 58.6 Å². The number of amides is 4. The van der Waals surface area contributed by atoms with Gasteiger partial charge in [0.05, 0.1) is 112 Å². The number of hydrogen-bond acceptors (Lipinski definition) is 22. The molecule has 2 aliphatic heterocycles. The predicted octanol–water partition coefficient (Wildman–Crippen LogP) is 13.2. The fourth-order valence-electron chi connectivity index (χ4n) is 12.8. The van der Waals surface area contributed by atoms with Crippen LogP contribution >= 0.6 is 45.3 Å². The number of rotatable bonds is 21. The van der Waals surface area contributed by atoms with Crippen molar-refractivity contribution < 1.29 is 19.2 Å². The van der Waals surface area contributed by atoms with Crippen LogP contribution in [0.5, 0.6) is 0 Å². The number of thiophene rings is 4. The Bertz CT molecular complexity index is 4980. The highest BCUT2D eigenvalue weighted by atomic mass is 32.1. The minimum Gasteiger partial charge on any atom is -0.348 e. The number of nitrogens with one attached hydrogen (secondary N) is 1. The Hall–Kier alpha value is -10.5. The SMILES string of the molecule is C=CCNC(=O)c1cnn(-c2ncc(C)c(-c3cccs3)n2)c1C.CC(C)c1c(C(=O)N2CCN(C(C)C)CC2)cnn1-c1nccc(-c2cccs2)n1.CCCN1CCN(C(=O)c2cnn(-c3nccc(-c4cccs4)n3)c2C)CC1.CCN(CC)C(=O)c1cnn(-c2nccc(-c3cccs3)n2)c1C1CC1. The molecule has 0 atom stereocenters. The van der Waals surface area contributed by atoms with Crippen molar-refractivity contribution in [2.24, 2.45) is 0 Å². The van der Waals surface area contributed by atoms with Crippen LogP contribution in [0.25, 0.3) is 66.1 Å². The molecule has 0 unspecified atom stereocenters. The number of nitrogens with zero attached hydrogens (tertiary/aromatic N) is 21. The lowest BCUT2D eigenvalue weighted by Gasteiger charge is -2.37. The molecule has 12 aromatic rings. The normalized spacial score (nSPS) is 13.9. The van der Waals surface area contributed by atoms with E-state index in [0.717, 1.165) is 143 Å². The van der Waals surface area contributed by atoms with Crippen LogP contribution in [-0.4, -0.2) is 212 Å². The van der Waals surface area contributed by atoms with Crippen molar-refractivity contribution in [3.8, 4) is 66.1 Å². The van der Waals surface area contributed by atoms with Crippen LogP contribution in [0.15, 0.2) is 150 Å². The van der Waals surface area contributed by atoms with E-state index < -0.39 is 0 Å². The largest absolute Gasteiger partial charge is 0.348 e. The highest BCUT2D eigenvalue weighted by Crippen LogP contribution is 2.43. The van der Waals surface area contributed by atoms with Gasteiger partial charge in [-0.2, -0.15) is 20.4 Å². The number of aromatic nitrogens is 16. The first kappa shape index (κ1) is 77.1. The summed E-state index contributed by atoms with van der Waals surface area (Å²) >= 11 is 6.53. The molecule has 0 radical (unpaired) electrons. The topological polar surface area (TPSA) is 271 Å². The van der Waals surface area contributed by atoms with E-state index in [0.29, 0.717) is 83.3 Å². The van der Waals surface area contributed by atoms with E-state index in [1.165, 1.54) is 6.20 Å². The van der Waals surface area contributed by atoms with Crippen molar-refractivity contribution in [3.63, 3.8) is 0 Å². The molecule has 14 heterocycles. The van der Waals surface area contributed by atoms with Crippen LogP contribution in [0, 0.1) is 20.8 Å². The number of carbonyl (C=O) groups excluding carboxylic acids is 4. The molecule has 1 N–H and O–H groups in total. The third kappa shape index (κ3) is 17.9. The minimum absolute atomic E-state index is 0.0364. The Morgan fingerprint density at radius 2 is 0.991 bits per heavy atom. The Balaban J connectivity index is 0.000000135. The average Bonchev–Trinajstić information content (AvgIpc) is 1.63.